The molecule has 0 radical (unpaired) electrons. The highest BCUT2D eigenvalue weighted by Gasteiger charge is 2.42. The average molecular weight is 448 g/mol. The highest BCUT2D eigenvalue weighted by atomic mass is 19.1. The van der Waals surface area contributed by atoms with Crippen molar-refractivity contribution in [3.63, 3.8) is 0 Å². The van der Waals surface area contributed by atoms with Crippen molar-refractivity contribution in [2.75, 3.05) is 21.3 Å². The molecule has 0 spiro atoms. The van der Waals surface area contributed by atoms with Gasteiger partial charge in [-0.3, -0.25) is 9.59 Å². The first-order valence-corrected chi connectivity index (χ1v) is 10.5. The van der Waals surface area contributed by atoms with E-state index in [4.69, 9.17) is 9.47 Å². The van der Waals surface area contributed by atoms with E-state index < -0.39 is 12.0 Å². The molecule has 3 aromatic rings. The molecule has 170 valence electrons. The highest BCUT2D eigenvalue weighted by Crippen LogP contribution is 2.44. The second-order valence-corrected chi connectivity index (χ2v) is 7.88. The summed E-state index contributed by atoms with van der Waals surface area (Å²) in [5, 5.41) is 2.96. The molecule has 6 nitrogen and oxygen atoms in total. The van der Waals surface area contributed by atoms with Crippen molar-refractivity contribution >= 4 is 11.8 Å². The van der Waals surface area contributed by atoms with Crippen LogP contribution >= 0.6 is 0 Å². The zero-order chi connectivity index (χ0) is 23.5. The lowest BCUT2D eigenvalue weighted by molar-refractivity contribution is -0.124. The summed E-state index contributed by atoms with van der Waals surface area (Å²) in [5.74, 6) is -0.301. The van der Waals surface area contributed by atoms with E-state index in [-0.39, 0.29) is 24.2 Å². The molecular formula is C26H25FN2O4. The number of nitrogens with one attached hydrogen (secondary N) is 1. The second kappa shape index (κ2) is 9.32. The number of hydrogen-bond donors (Lipinski definition) is 1. The molecule has 2 amide bonds. The molecule has 0 fully saturated rings. The van der Waals surface area contributed by atoms with Crippen LogP contribution < -0.4 is 14.8 Å². The Labute approximate surface area is 191 Å². The molecule has 0 aromatic heterocycles. The Balaban J connectivity index is 1.74. The first kappa shape index (κ1) is 22.3. The number of amides is 2. The van der Waals surface area contributed by atoms with Gasteiger partial charge in [0.25, 0.3) is 5.91 Å². The summed E-state index contributed by atoms with van der Waals surface area (Å²) < 4.78 is 24.0. The van der Waals surface area contributed by atoms with Crippen molar-refractivity contribution in [1.82, 2.24) is 10.2 Å². The van der Waals surface area contributed by atoms with Crippen LogP contribution in [0.2, 0.25) is 0 Å². The number of hydrogen-bond acceptors (Lipinski definition) is 4. The highest BCUT2D eigenvalue weighted by molar-refractivity contribution is 6.01. The minimum atomic E-state index is -0.651. The molecule has 33 heavy (non-hydrogen) atoms. The maximum absolute atomic E-state index is 13.5. The molecule has 1 aliphatic rings. The molecule has 3 aromatic carbocycles. The molecule has 0 unspecified atom stereocenters. The lowest BCUT2D eigenvalue weighted by Gasteiger charge is -2.40. The summed E-state index contributed by atoms with van der Waals surface area (Å²) >= 11 is 0. The smallest absolute Gasteiger partial charge is 0.254 e. The molecular weight excluding hydrogens is 423 g/mol. The van der Waals surface area contributed by atoms with Crippen molar-refractivity contribution in [3.05, 3.63) is 94.8 Å². The molecule has 1 aliphatic heterocycles. The normalized spacial score (nSPS) is 17.3. The summed E-state index contributed by atoms with van der Waals surface area (Å²) in [6.07, 6.45) is 0. The minimum Gasteiger partial charge on any atom is -0.493 e. The number of ether oxygens (including phenoxy) is 2. The number of carbonyl (C=O) groups excluding carboxylic acids is 2. The Kier molecular flexibility index (Phi) is 6.31. The monoisotopic (exact) mass is 448 g/mol. The van der Waals surface area contributed by atoms with Crippen molar-refractivity contribution in [2.24, 2.45) is 0 Å². The molecule has 0 saturated heterocycles. The Hall–Kier alpha value is -3.87. The molecule has 4 rings (SSSR count). The maximum Gasteiger partial charge on any atom is 0.254 e. The van der Waals surface area contributed by atoms with Gasteiger partial charge in [0.2, 0.25) is 5.91 Å². The number of halogens is 1. The average Bonchev–Trinajstić information content (AvgIpc) is 2.85. The van der Waals surface area contributed by atoms with Gasteiger partial charge in [-0.15, -0.1) is 0 Å². The number of methoxy groups -OCH3 is 2. The number of benzene rings is 3. The van der Waals surface area contributed by atoms with Crippen LogP contribution in [-0.2, 0) is 11.3 Å². The molecule has 0 bridgehead atoms. The fourth-order valence-electron chi connectivity index (χ4n) is 4.31. The van der Waals surface area contributed by atoms with Crippen LogP contribution in [0.25, 0.3) is 0 Å². The van der Waals surface area contributed by atoms with E-state index in [1.165, 1.54) is 12.1 Å². The van der Waals surface area contributed by atoms with E-state index in [1.54, 1.807) is 62.6 Å². The number of nitrogens with zero attached hydrogens (tertiary/aromatic N) is 1. The molecule has 2 atom stereocenters. The van der Waals surface area contributed by atoms with Gasteiger partial charge >= 0.3 is 0 Å². The van der Waals surface area contributed by atoms with Crippen LogP contribution in [0.4, 0.5) is 4.39 Å². The molecule has 1 heterocycles. The molecule has 0 aliphatic carbocycles. The Morgan fingerprint density at radius 3 is 2.39 bits per heavy atom. The summed E-state index contributed by atoms with van der Waals surface area (Å²) in [4.78, 5) is 28.3. The molecule has 7 heteroatoms. The number of fused-ring (bicyclic) bond motifs is 1. The van der Waals surface area contributed by atoms with Gasteiger partial charge in [-0.25, -0.2) is 4.39 Å². The van der Waals surface area contributed by atoms with E-state index in [0.717, 1.165) is 11.1 Å². The zero-order valence-corrected chi connectivity index (χ0v) is 18.7. The van der Waals surface area contributed by atoms with Crippen LogP contribution in [0.1, 0.15) is 39.0 Å². The van der Waals surface area contributed by atoms with Gasteiger partial charge in [-0.2, -0.15) is 0 Å². The van der Waals surface area contributed by atoms with Crippen LogP contribution in [0, 0.1) is 5.82 Å². The van der Waals surface area contributed by atoms with Crippen molar-refractivity contribution < 1.29 is 23.5 Å². The van der Waals surface area contributed by atoms with E-state index in [9.17, 15) is 14.0 Å². The lowest BCUT2D eigenvalue weighted by atomic mass is 9.79. The predicted octanol–water partition coefficient (Wildman–Crippen LogP) is 4.07. The van der Waals surface area contributed by atoms with Crippen LogP contribution in [0.5, 0.6) is 11.5 Å². The third kappa shape index (κ3) is 4.26. The van der Waals surface area contributed by atoms with Crippen LogP contribution in [-0.4, -0.2) is 38.0 Å². The van der Waals surface area contributed by atoms with E-state index in [2.05, 4.69) is 5.32 Å². The Morgan fingerprint density at radius 1 is 1.00 bits per heavy atom. The van der Waals surface area contributed by atoms with Gasteiger partial charge in [-0.05, 0) is 47.0 Å². The lowest BCUT2D eigenvalue weighted by Crippen LogP contribution is -2.45. The number of rotatable bonds is 6. The SMILES string of the molecule is COc1ccc([C@H]2[C@H](C(=O)NCc3ccc(F)cc3)c3ccccc3C(=O)N2C)cc1OC. The fraction of sp³-hybridized carbons (Fsp3) is 0.231. The van der Waals surface area contributed by atoms with E-state index in [0.29, 0.717) is 22.6 Å². The number of carbonyl (C=O) groups is 2. The Morgan fingerprint density at radius 2 is 1.70 bits per heavy atom. The van der Waals surface area contributed by atoms with Gasteiger partial charge in [0, 0.05) is 19.2 Å². The van der Waals surface area contributed by atoms with Crippen LogP contribution in [0.3, 0.4) is 0 Å². The van der Waals surface area contributed by atoms with Crippen LogP contribution in [0.15, 0.2) is 66.7 Å². The van der Waals surface area contributed by atoms with Gasteiger partial charge < -0.3 is 19.7 Å². The quantitative estimate of drug-likeness (QED) is 0.617. The Bertz CT molecular complexity index is 1180. The summed E-state index contributed by atoms with van der Waals surface area (Å²) in [6, 6.07) is 18.0. The van der Waals surface area contributed by atoms with Crippen molar-refractivity contribution in [2.45, 2.75) is 18.5 Å². The summed E-state index contributed by atoms with van der Waals surface area (Å²) in [6.45, 7) is 0.244. The largest absolute Gasteiger partial charge is 0.493 e. The first-order valence-electron chi connectivity index (χ1n) is 10.5. The van der Waals surface area contributed by atoms with E-state index in [1.807, 2.05) is 18.2 Å². The van der Waals surface area contributed by atoms with Gasteiger partial charge in [0.05, 0.1) is 26.2 Å². The third-order valence-electron chi connectivity index (χ3n) is 5.99. The van der Waals surface area contributed by atoms with Gasteiger partial charge in [0.1, 0.15) is 5.82 Å². The van der Waals surface area contributed by atoms with Gasteiger partial charge in [0.15, 0.2) is 11.5 Å². The second-order valence-electron chi connectivity index (χ2n) is 7.88. The maximum atomic E-state index is 13.5. The zero-order valence-electron chi connectivity index (χ0n) is 18.7. The van der Waals surface area contributed by atoms with Gasteiger partial charge in [-0.1, -0.05) is 36.4 Å². The summed E-state index contributed by atoms with van der Waals surface area (Å²) in [7, 11) is 4.79. The molecule has 1 N–H and O–H groups in total. The minimum absolute atomic E-state index is 0.159. The van der Waals surface area contributed by atoms with Crippen molar-refractivity contribution in [1.29, 1.82) is 0 Å². The predicted molar refractivity (Wildman–Crippen MR) is 122 cm³/mol. The van der Waals surface area contributed by atoms with E-state index >= 15 is 0 Å². The summed E-state index contributed by atoms with van der Waals surface area (Å²) in [5.41, 5.74) is 2.69. The standard InChI is InChI=1S/C26H25FN2O4/c1-29-24(17-10-13-21(32-2)22(14-17)33-3)23(19-6-4-5-7-20(19)26(29)31)25(30)28-15-16-8-11-18(27)12-9-16/h4-14,23-24H,15H2,1-3H3,(H,28,30)/t23-,24+/m1/s1. The topological polar surface area (TPSA) is 67.9 Å². The number of likely N-dealkylation sites (N-methyl/N-ethyl adjacent to an activating group) is 1. The van der Waals surface area contributed by atoms with Crippen molar-refractivity contribution in [3.8, 4) is 11.5 Å². The molecule has 0 saturated carbocycles. The first-order chi connectivity index (χ1) is 15.9. The third-order valence-corrected chi connectivity index (χ3v) is 5.99. The fourth-order valence-corrected chi connectivity index (χ4v) is 4.31.